The second kappa shape index (κ2) is 9.86. The summed E-state index contributed by atoms with van der Waals surface area (Å²) in [7, 11) is -1.72. The summed E-state index contributed by atoms with van der Waals surface area (Å²) in [6.07, 6.45) is 0.631. The van der Waals surface area contributed by atoms with Crippen molar-refractivity contribution in [3.05, 3.63) is 35.4 Å². The Balaban J connectivity index is 2.30. The molecule has 0 aromatic heterocycles. The van der Waals surface area contributed by atoms with Crippen molar-refractivity contribution in [1.29, 1.82) is 0 Å². The number of benzene rings is 1. The number of hydrogen-bond donors (Lipinski definition) is 2. The van der Waals surface area contributed by atoms with E-state index < -0.39 is 10.0 Å². The van der Waals surface area contributed by atoms with Gasteiger partial charge in [0.15, 0.2) is 0 Å². The highest BCUT2D eigenvalue weighted by Gasteiger charge is 2.10. The van der Waals surface area contributed by atoms with Crippen molar-refractivity contribution in [3.8, 4) is 0 Å². The third-order valence-electron chi connectivity index (χ3n) is 2.80. The molecule has 0 aliphatic carbocycles. The predicted octanol–water partition coefficient (Wildman–Crippen LogP) is 0.618. The Morgan fingerprint density at radius 1 is 1.19 bits per heavy atom. The Hall–Kier alpha value is -0.990. The highest BCUT2D eigenvalue weighted by Crippen LogP contribution is 2.08. The number of sulfonamides is 1. The summed E-state index contributed by atoms with van der Waals surface area (Å²) in [4.78, 5) is 0. The first-order chi connectivity index (χ1) is 10.1. The molecule has 6 nitrogen and oxygen atoms in total. The van der Waals surface area contributed by atoms with Gasteiger partial charge in [0.2, 0.25) is 10.0 Å². The second-order valence-electron chi connectivity index (χ2n) is 4.64. The SMILES string of the molecule is COCCOCCCNS(=O)(=O)Cc1cccc(CN)c1. The molecular formula is C14H24N2O4S. The maximum atomic E-state index is 11.9. The fourth-order valence-electron chi connectivity index (χ4n) is 1.76. The molecule has 1 aromatic carbocycles. The summed E-state index contributed by atoms with van der Waals surface area (Å²) in [6.45, 7) is 2.35. The monoisotopic (exact) mass is 316 g/mol. The van der Waals surface area contributed by atoms with E-state index in [1.807, 2.05) is 18.2 Å². The number of methoxy groups -OCH3 is 1. The Labute approximate surface area is 126 Å². The number of ether oxygens (including phenoxy) is 2. The van der Waals surface area contributed by atoms with Crippen molar-refractivity contribution in [2.24, 2.45) is 5.73 Å². The van der Waals surface area contributed by atoms with Gasteiger partial charge in [-0.05, 0) is 17.5 Å². The molecule has 0 spiro atoms. The Kier molecular flexibility index (Phi) is 8.48. The maximum Gasteiger partial charge on any atom is 0.215 e. The Morgan fingerprint density at radius 3 is 2.67 bits per heavy atom. The second-order valence-corrected chi connectivity index (χ2v) is 6.44. The van der Waals surface area contributed by atoms with Gasteiger partial charge in [-0.2, -0.15) is 0 Å². The summed E-state index contributed by atoms with van der Waals surface area (Å²) in [6, 6.07) is 7.29. The summed E-state index contributed by atoms with van der Waals surface area (Å²) in [5, 5.41) is 0. The summed E-state index contributed by atoms with van der Waals surface area (Å²) in [5.74, 6) is -0.0363. The van der Waals surface area contributed by atoms with Gasteiger partial charge < -0.3 is 15.2 Å². The highest BCUT2D eigenvalue weighted by molar-refractivity contribution is 7.88. The molecule has 0 saturated heterocycles. The zero-order chi connectivity index (χ0) is 15.6. The van der Waals surface area contributed by atoms with Gasteiger partial charge in [0.05, 0.1) is 19.0 Å². The van der Waals surface area contributed by atoms with Crippen molar-refractivity contribution in [3.63, 3.8) is 0 Å². The third-order valence-corrected chi connectivity index (χ3v) is 4.16. The van der Waals surface area contributed by atoms with Crippen LogP contribution in [0, 0.1) is 0 Å². The van der Waals surface area contributed by atoms with Gasteiger partial charge >= 0.3 is 0 Å². The molecule has 3 N–H and O–H groups in total. The molecule has 0 radical (unpaired) electrons. The predicted molar refractivity (Wildman–Crippen MR) is 82.3 cm³/mol. The molecule has 1 rings (SSSR count). The number of nitrogens with one attached hydrogen (secondary N) is 1. The molecule has 120 valence electrons. The number of hydrogen-bond acceptors (Lipinski definition) is 5. The highest BCUT2D eigenvalue weighted by atomic mass is 32.2. The van der Waals surface area contributed by atoms with Gasteiger partial charge in [0, 0.05) is 26.8 Å². The van der Waals surface area contributed by atoms with Crippen LogP contribution in [0.25, 0.3) is 0 Å². The molecule has 0 aliphatic heterocycles. The Bertz CT molecular complexity index is 505. The van der Waals surface area contributed by atoms with E-state index in [4.69, 9.17) is 15.2 Å². The van der Waals surface area contributed by atoms with E-state index in [0.717, 1.165) is 11.1 Å². The van der Waals surface area contributed by atoms with Gasteiger partial charge in [0.25, 0.3) is 0 Å². The van der Waals surface area contributed by atoms with Crippen LogP contribution in [0.3, 0.4) is 0 Å². The molecule has 0 fully saturated rings. The van der Waals surface area contributed by atoms with E-state index in [1.165, 1.54) is 0 Å². The minimum atomic E-state index is -3.33. The molecule has 1 aromatic rings. The van der Waals surface area contributed by atoms with E-state index in [1.54, 1.807) is 13.2 Å². The molecule has 0 unspecified atom stereocenters. The topological polar surface area (TPSA) is 90.6 Å². The minimum Gasteiger partial charge on any atom is -0.382 e. The van der Waals surface area contributed by atoms with E-state index >= 15 is 0 Å². The van der Waals surface area contributed by atoms with Gasteiger partial charge in [0.1, 0.15) is 0 Å². The zero-order valence-electron chi connectivity index (χ0n) is 12.4. The summed E-state index contributed by atoms with van der Waals surface area (Å²) >= 11 is 0. The van der Waals surface area contributed by atoms with Crippen molar-refractivity contribution < 1.29 is 17.9 Å². The summed E-state index contributed by atoms with van der Waals surface area (Å²) < 4.78 is 36.5. The average molecular weight is 316 g/mol. The van der Waals surface area contributed by atoms with Gasteiger partial charge in [-0.15, -0.1) is 0 Å². The van der Waals surface area contributed by atoms with E-state index in [2.05, 4.69) is 4.72 Å². The van der Waals surface area contributed by atoms with E-state index in [9.17, 15) is 8.42 Å². The van der Waals surface area contributed by atoms with Crippen LogP contribution < -0.4 is 10.5 Å². The molecule has 0 atom stereocenters. The lowest BCUT2D eigenvalue weighted by Crippen LogP contribution is -2.27. The fraction of sp³-hybridized carbons (Fsp3) is 0.571. The maximum absolute atomic E-state index is 11.9. The molecule has 0 aliphatic rings. The molecular weight excluding hydrogens is 292 g/mol. The lowest BCUT2D eigenvalue weighted by Gasteiger charge is -2.08. The normalized spacial score (nSPS) is 11.7. The number of rotatable bonds is 11. The Morgan fingerprint density at radius 2 is 1.95 bits per heavy atom. The minimum absolute atomic E-state index is 0.0363. The van der Waals surface area contributed by atoms with E-state index in [0.29, 0.717) is 39.3 Å². The fourth-order valence-corrected chi connectivity index (χ4v) is 2.94. The lowest BCUT2D eigenvalue weighted by atomic mass is 10.1. The van der Waals surface area contributed by atoms with Gasteiger partial charge in [-0.1, -0.05) is 24.3 Å². The smallest absolute Gasteiger partial charge is 0.215 e. The van der Waals surface area contributed by atoms with Crippen LogP contribution in [0.4, 0.5) is 0 Å². The quantitative estimate of drug-likeness (QED) is 0.584. The first-order valence-corrected chi connectivity index (χ1v) is 8.54. The third kappa shape index (κ3) is 8.13. The van der Waals surface area contributed by atoms with Crippen molar-refractivity contribution in [2.75, 3.05) is 33.5 Å². The molecule has 0 amide bonds. The van der Waals surface area contributed by atoms with E-state index in [-0.39, 0.29) is 5.75 Å². The molecule has 0 bridgehead atoms. The van der Waals surface area contributed by atoms with Crippen molar-refractivity contribution in [2.45, 2.75) is 18.7 Å². The van der Waals surface area contributed by atoms with Crippen LogP contribution >= 0.6 is 0 Å². The number of nitrogens with two attached hydrogens (primary N) is 1. The van der Waals surface area contributed by atoms with Crippen LogP contribution in [0.5, 0.6) is 0 Å². The molecule has 0 heterocycles. The van der Waals surface area contributed by atoms with Crippen molar-refractivity contribution >= 4 is 10.0 Å². The van der Waals surface area contributed by atoms with Crippen LogP contribution in [0.1, 0.15) is 17.5 Å². The van der Waals surface area contributed by atoms with Crippen LogP contribution in [0.15, 0.2) is 24.3 Å². The van der Waals surface area contributed by atoms with Gasteiger partial charge in [-0.3, -0.25) is 0 Å². The zero-order valence-corrected chi connectivity index (χ0v) is 13.2. The van der Waals surface area contributed by atoms with Crippen LogP contribution in [0.2, 0.25) is 0 Å². The standard InChI is InChI=1S/C14H24N2O4S/c1-19-8-9-20-7-3-6-16-21(17,18)12-14-5-2-4-13(10-14)11-15/h2,4-5,10,16H,3,6-9,11-12,15H2,1H3. The van der Waals surface area contributed by atoms with Crippen LogP contribution in [-0.2, 0) is 31.8 Å². The van der Waals surface area contributed by atoms with Crippen molar-refractivity contribution in [1.82, 2.24) is 4.72 Å². The summed E-state index contributed by atoms with van der Waals surface area (Å²) in [5.41, 5.74) is 7.21. The largest absolute Gasteiger partial charge is 0.382 e. The van der Waals surface area contributed by atoms with Crippen LogP contribution in [-0.4, -0.2) is 41.9 Å². The first-order valence-electron chi connectivity index (χ1n) is 6.89. The first kappa shape index (κ1) is 18.1. The average Bonchev–Trinajstić information content (AvgIpc) is 2.46. The molecule has 0 saturated carbocycles. The molecule has 21 heavy (non-hydrogen) atoms. The molecule has 7 heteroatoms. The lowest BCUT2D eigenvalue weighted by molar-refractivity contribution is 0.0699. The van der Waals surface area contributed by atoms with Gasteiger partial charge in [-0.25, -0.2) is 13.1 Å².